The Morgan fingerprint density at radius 1 is 1.02 bits per heavy atom. The highest BCUT2D eigenvalue weighted by Gasteiger charge is 2.33. The normalized spacial score (nSPS) is 15.0. The molecule has 0 N–H and O–H groups in total. The van der Waals surface area contributed by atoms with E-state index in [4.69, 9.17) is 4.74 Å². The van der Waals surface area contributed by atoms with Crippen molar-refractivity contribution >= 4 is 34.4 Å². The quantitative estimate of drug-likeness (QED) is 0.150. The SMILES string of the molecule is COc1ccc(C(C)C)c(N2C(=O)CSC2=NC(=O)CCCC(C)Cc2ccc(-c3ncn(-c4ccc(OC(F)(F)F)cc4)n3)cc2)c1. The van der Waals surface area contributed by atoms with Crippen LogP contribution in [-0.2, 0) is 16.0 Å². The number of amidine groups is 1. The molecule has 1 aliphatic rings. The maximum absolute atomic E-state index is 12.9. The van der Waals surface area contributed by atoms with Gasteiger partial charge in [0, 0.05) is 18.1 Å². The van der Waals surface area contributed by atoms with E-state index in [9.17, 15) is 22.8 Å². The number of hydrogen-bond donors (Lipinski definition) is 0. The average Bonchev–Trinajstić information content (AvgIpc) is 3.67. The van der Waals surface area contributed by atoms with Crippen LogP contribution in [0.25, 0.3) is 17.1 Å². The summed E-state index contributed by atoms with van der Waals surface area (Å²) in [6.45, 7) is 6.25. The maximum atomic E-state index is 12.9. The van der Waals surface area contributed by atoms with Crippen molar-refractivity contribution in [3.8, 4) is 28.6 Å². The fourth-order valence-corrected chi connectivity index (χ4v) is 6.27. The predicted octanol–water partition coefficient (Wildman–Crippen LogP) is 7.98. The lowest BCUT2D eigenvalue weighted by molar-refractivity contribution is -0.274. The van der Waals surface area contributed by atoms with Crippen molar-refractivity contribution in [3.63, 3.8) is 0 Å². The minimum absolute atomic E-state index is 0.112. The topological polar surface area (TPSA) is 98.9 Å². The zero-order valence-corrected chi connectivity index (χ0v) is 27.8. The number of carbonyl (C=O) groups excluding carboxylic acids is 2. The van der Waals surface area contributed by atoms with Crippen LogP contribution >= 0.6 is 11.8 Å². The molecule has 0 bridgehead atoms. The molecule has 9 nitrogen and oxygen atoms in total. The molecule has 13 heteroatoms. The molecule has 48 heavy (non-hydrogen) atoms. The van der Waals surface area contributed by atoms with Gasteiger partial charge in [-0.2, -0.15) is 4.99 Å². The fraction of sp³-hybridized carbons (Fsp3) is 0.343. The Kier molecular flexibility index (Phi) is 10.9. The van der Waals surface area contributed by atoms with Crippen molar-refractivity contribution in [2.45, 2.75) is 58.7 Å². The van der Waals surface area contributed by atoms with E-state index < -0.39 is 6.36 Å². The molecule has 0 saturated carbocycles. The molecule has 5 rings (SSSR count). The van der Waals surface area contributed by atoms with E-state index in [0.29, 0.717) is 40.5 Å². The van der Waals surface area contributed by atoms with Gasteiger partial charge in [-0.05, 0) is 72.6 Å². The van der Waals surface area contributed by atoms with Gasteiger partial charge >= 0.3 is 6.36 Å². The molecular formula is C35H36F3N5O4S. The van der Waals surface area contributed by atoms with Crippen molar-refractivity contribution in [1.29, 1.82) is 0 Å². The van der Waals surface area contributed by atoms with E-state index in [2.05, 4.69) is 40.6 Å². The molecule has 2 amide bonds. The number of aliphatic imine (C=N–C) groups is 1. The van der Waals surface area contributed by atoms with Gasteiger partial charge in [0.15, 0.2) is 11.0 Å². The van der Waals surface area contributed by atoms with Crippen molar-refractivity contribution in [2.24, 2.45) is 10.9 Å². The molecule has 2 heterocycles. The first-order chi connectivity index (χ1) is 22.9. The third-order valence-corrected chi connectivity index (χ3v) is 8.72. The number of anilines is 1. The first-order valence-electron chi connectivity index (χ1n) is 15.5. The van der Waals surface area contributed by atoms with Gasteiger partial charge in [0.2, 0.25) is 11.8 Å². The van der Waals surface area contributed by atoms with E-state index in [0.717, 1.165) is 29.5 Å². The summed E-state index contributed by atoms with van der Waals surface area (Å²) in [6.07, 6.45) is -0.632. The predicted molar refractivity (Wildman–Crippen MR) is 180 cm³/mol. The second-order valence-electron chi connectivity index (χ2n) is 11.8. The van der Waals surface area contributed by atoms with Gasteiger partial charge in [-0.15, -0.1) is 18.3 Å². The molecule has 1 aliphatic heterocycles. The van der Waals surface area contributed by atoms with Crippen LogP contribution in [0.4, 0.5) is 18.9 Å². The van der Waals surface area contributed by atoms with Crippen LogP contribution in [-0.4, -0.2) is 51.0 Å². The van der Waals surface area contributed by atoms with Crippen molar-refractivity contribution < 1.29 is 32.2 Å². The Hall–Kier alpha value is -4.65. The van der Waals surface area contributed by atoms with Crippen LogP contribution in [0, 0.1) is 5.92 Å². The van der Waals surface area contributed by atoms with Gasteiger partial charge < -0.3 is 9.47 Å². The second kappa shape index (κ2) is 15.1. The van der Waals surface area contributed by atoms with E-state index >= 15 is 0 Å². The third-order valence-electron chi connectivity index (χ3n) is 7.80. The summed E-state index contributed by atoms with van der Waals surface area (Å²) in [4.78, 5) is 36.0. The van der Waals surface area contributed by atoms with Crippen LogP contribution in [0.15, 0.2) is 78.0 Å². The van der Waals surface area contributed by atoms with E-state index in [1.807, 2.05) is 42.5 Å². The number of methoxy groups -OCH3 is 1. The largest absolute Gasteiger partial charge is 0.573 e. The molecule has 0 radical (unpaired) electrons. The number of benzene rings is 3. The minimum Gasteiger partial charge on any atom is -0.497 e. The Labute approximate surface area is 281 Å². The lowest BCUT2D eigenvalue weighted by Gasteiger charge is -2.22. The van der Waals surface area contributed by atoms with Gasteiger partial charge in [-0.1, -0.05) is 62.9 Å². The first-order valence-corrected chi connectivity index (χ1v) is 16.5. The van der Waals surface area contributed by atoms with Gasteiger partial charge in [0.25, 0.3) is 0 Å². The van der Waals surface area contributed by atoms with E-state index in [1.54, 1.807) is 12.0 Å². The van der Waals surface area contributed by atoms with Crippen molar-refractivity contribution in [1.82, 2.24) is 14.8 Å². The van der Waals surface area contributed by atoms with E-state index in [1.165, 1.54) is 47.0 Å². The van der Waals surface area contributed by atoms with Gasteiger partial charge in [0.05, 0.1) is 24.2 Å². The maximum Gasteiger partial charge on any atom is 0.573 e. The fourth-order valence-electron chi connectivity index (χ4n) is 5.39. The van der Waals surface area contributed by atoms with Gasteiger partial charge in [-0.25, -0.2) is 9.67 Å². The molecule has 1 aromatic heterocycles. The van der Waals surface area contributed by atoms with Crippen LogP contribution in [0.2, 0.25) is 0 Å². The van der Waals surface area contributed by atoms with Gasteiger partial charge in [0.1, 0.15) is 17.8 Å². The molecule has 252 valence electrons. The summed E-state index contributed by atoms with van der Waals surface area (Å²) in [5.74, 6) is 1.16. The number of halogens is 3. The first kappa shape index (κ1) is 34.7. The molecule has 1 atom stereocenters. The average molecular weight is 680 g/mol. The molecular weight excluding hydrogens is 643 g/mol. The minimum atomic E-state index is -4.75. The standard InChI is InChI=1S/C35H36F3N5O4S/c1-22(2)29-17-16-28(46-4)19-30(29)43-32(45)20-48-34(43)40-31(44)7-5-6-23(3)18-24-8-10-25(11-9-24)33-39-21-42(41-33)26-12-14-27(15-13-26)47-35(36,37)38/h8-17,19,21-23H,5-7,18,20H2,1-4H3. The van der Waals surface area contributed by atoms with Crippen molar-refractivity contribution in [2.75, 3.05) is 17.8 Å². The monoisotopic (exact) mass is 679 g/mol. The lowest BCUT2D eigenvalue weighted by atomic mass is 9.95. The zero-order valence-electron chi connectivity index (χ0n) is 27.0. The Morgan fingerprint density at radius 2 is 1.73 bits per heavy atom. The molecule has 1 fully saturated rings. The number of rotatable bonds is 12. The van der Waals surface area contributed by atoms with Crippen LogP contribution in [0.5, 0.6) is 11.5 Å². The highest BCUT2D eigenvalue weighted by molar-refractivity contribution is 8.15. The summed E-state index contributed by atoms with van der Waals surface area (Å²) in [7, 11) is 1.58. The number of hydrogen-bond acceptors (Lipinski definition) is 7. The van der Waals surface area contributed by atoms with Gasteiger partial charge in [-0.3, -0.25) is 14.5 Å². The number of thioether (sulfide) groups is 1. The molecule has 1 saturated heterocycles. The van der Waals surface area contributed by atoms with E-state index in [-0.39, 0.29) is 35.7 Å². The summed E-state index contributed by atoms with van der Waals surface area (Å²) < 4.78 is 48.1. The number of aromatic nitrogens is 3. The molecule has 0 aliphatic carbocycles. The Morgan fingerprint density at radius 3 is 2.40 bits per heavy atom. The summed E-state index contributed by atoms with van der Waals surface area (Å²) in [5, 5.41) is 4.86. The van der Waals surface area contributed by atoms with Crippen LogP contribution in [0.1, 0.15) is 57.1 Å². The highest BCUT2D eigenvalue weighted by atomic mass is 32.2. The molecule has 1 unspecified atom stereocenters. The number of ether oxygens (including phenoxy) is 2. The number of nitrogens with zero attached hydrogens (tertiary/aromatic N) is 5. The Balaban J connectivity index is 1.13. The Bertz CT molecular complexity index is 1770. The summed E-state index contributed by atoms with van der Waals surface area (Å²) in [5.41, 5.74) is 4.16. The van der Waals surface area contributed by atoms with Crippen molar-refractivity contribution in [3.05, 3.63) is 84.2 Å². The zero-order chi connectivity index (χ0) is 34.4. The smallest absolute Gasteiger partial charge is 0.497 e. The third kappa shape index (κ3) is 8.82. The molecule has 3 aromatic carbocycles. The number of amides is 2. The highest BCUT2D eigenvalue weighted by Crippen LogP contribution is 2.36. The summed E-state index contributed by atoms with van der Waals surface area (Å²) >= 11 is 1.27. The second-order valence-corrected chi connectivity index (χ2v) is 12.8. The van der Waals surface area contributed by atoms with Crippen LogP contribution < -0.4 is 14.4 Å². The summed E-state index contributed by atoms with van der Waals surface area (Å²) in [6, 6.07) is 18.9. The number of carbonyl (C=O) groups is 2. The van der Waals surface area contributed by atoms with Crippen LogP contribution in [0.3, 0.4) is 0 Å². The molecule has 4 aromatic rings. The lowest BCUT2D eigenvalue weighted by Crippen LogP contribution is -2.31. The number of alkyl halides is 3. The molecule has 0 spiro atoms.